The Labute approximate surface area is 765 Å². The van der Waals surface area contributed by atoms with Gasteiger partial charge in [-0.3, -0.25) is 0 Å². The van der Waals surface area contributed by atoms with Gasteiger partial charge in [-0.05, 0) is 252 Å². The number of hydrogen-bond acceptors (Lipinski definition) is 12. The minimum atomic E-state index is -0.360. The van der Waals surface area contributed by atoms with E-state index in [-0.39, 0.29) is 144 Å². The molecule has 0 radical (unpaired) electrons. The minimum Gasteiger partial charge on any atom is -0.507 e. The first-order valence-corrected chi connectivity index (χ1v) is 46.0. The van der Waals surface area contributed by atoms with E-state index < -0.39 is 0 Å². The molecule has 30 bridgehead atoms. The fourth-order valence-electron chi connectivity index (χ4n) is 20.7. The highest BCUT2D eigenvalue weighted by Gasteiger charge is 2.34. The molecule has 12 aromatic carbocycles. The van der Waals surface area contributed by atoms with Crippen LogP contribution in [0.5, 0.6) is 69.0 Å². The Morgan fingerprint density at radius 2 is 0.240 bits per heavy atom. The molecule has 0 unspecified atom stereocenters. The summed E-state index contributed by atoms with van der Waals surface area (Å²) in [5.74, 6) is 5.01. The summed E-state index contributed by atoms with van der Waals surface area (Å²) in [4.78, 5) is 0. The lowest BCUT2D eigenvalue weighted by molar-refractivity contribution is 0.403. The topological polar surface area (TPSA) is 177 Å². The molecule has 0 heterocycles. The maximum atomic E-state index is 13.5. The molecule has 6 N–H and O–H groups in total. The number of phenols is 6. The monoisotopic (exact) mass is 1730 g/mol. The largest absolute Gasteiger partial charge is 0.507 e. The highest BCUT2D eigenvalue weighted by atomic mass is 16.5. The molecular weight excluding hydrogens is 1600 g/mol. The van der Waals surface area contributed by atoms with Crippen molar-refractivity contribution >= 4 is 0 Å². The third-order valence-electron chi connectivity index (χ3n) is 27.6. The van der Waals surface area contributed by atoms with Gasteiger partial charge in [0.1, 0.15) is 69.0 Å². The van der Waals surface area contributed by atoms with Crippen LogP contribution in [-0.2, 0) is 129 Å². The molecule has 0 amide bonds. The van der Waals surface area contributed by atoms with E-state index in [4.69, 9.17) is 28.4 Å². The minimum absolute atomic E-state index is 0.176. The summed E-state index contributed by atoms with van der Waals surface area (Å²) in [5, 5.41) is 80.9. The number of hydrogen-bond donors (Lipinski definition) is 6. The molecule has 0 spiro atoms. The van der Waals surface area contributed by atoms with E-state index in [0.29, 0.717) is 121 Å². The van der Waals surface area contributed by atoms with Gasteiger partial charge in [-0.2, -0.15) is 0 Å². The molecule has 0 aliphatic heterocycles. The molecule has 129 heavy (non-hydrogen) atoms. The quantitative estimate of drug-likeness (QED) is 0.0930. The van der Waals surface area contributed by atoms with Gasteiger partial charge in [0.05, 0.1) is 42.7 Å². The molecule has 0 fully saturated rings. The number of ether oxygens (including phenoxy) is 6. The van der Waals surface area contributed by atoms with Gasteiger partial charge in [0.15, 0.2) is 0 Å². The van der Waals surface area contributed by atoms with Gasteiger partial charge in [0.25, 0.3) is 0 Å². The number of methoxy groups -OCH3 is 6. The summed E-state index contributed by atoms with van der Waals surface area (Å²) >= 11 is 0. The average molecular weight is 1730 g/mol. The zero-order chi connectivity index (χ0) is 92.5. The first-order chi connectivity index (χ1) is 60.7. The van der Waals surface area contributed by atoms with Gasteiger partial charge in [-0.1, -0.05) is 270 Å². The normalized spacial score (nSPS) is 14.2. The Hall–Kier alpha value is -11.8. The van der Waals surface area contributed by atoms with Crippen LogP contribution in [0.15, 0.2) is 146 Å². The molecule has 0 atom stereocenters. The first-order valence-electron chi connectivity index (χ1n) is 46.0. The third-order valence-corrected chi connectivity index (χ3v) is 27.6. The molecule has 12 aromatic rings. The van der Waals surface area contributed by atoms with Crippen molar-refractivity contribution in [2.75, 3.05) is 42.7 Å². The van der Waals surface area contributed by atoms with Crippen molar-refractivity contribution in [3.05, 3.63) is 346 Å². The predicted octanol–water partition coefficient (Wildman–Crippen LogP) is 24.9. The predicted molar refractivity (Wildman–Crippen MR) is 521 cm³/mol. The van der Waals surface area contributed by atoms with Crippen molar-refractivity contribution in [2.24, 2.45) is 0 Å². The number of phenolic OH excluding ortho intramolecular Hbond substituents is 6. The van der Waals surface area contributed by atoms with Crippen LogP contribution in [-0.4, -0.2) is 73.3 Å². The summed E-state index contributed by atoms with van der Waals surface area (Å²) in [6.45, 7) is 40.0. The summed E-state index contributed by atoms with van der Waals surface area (Å²) in [6, 6.07) is 52.7. The lowest BCUT2D eigenvalue weighted by atomic mass is 9.80. The Kier molecular flexibility index (Phi) is 23.8. The van der Waals surface area contributed by atoms with Crippen molar-refractivity contribution in [1.82, 2.24) is 0 Å². The molecule has 21 rings (SSSR count). The first kappa shape index (κ1) is 90.6. The van der Waals surface area contributed by atoms with Crippen LogP contribution < -0.4 is 28.4 Å². The fraction of sp³-hybridized carbons (Fsp3) is 0.385. The second kappa shape index (κ2) is 33.9. The highest BCUT2D eigenvalue weighted by molar-refractivity contribution is 5.66. The Bertz CT molecular complexity index is 5180. The lowest BCUT2D eigenvalue weighted by Crippen LogP contribution is -2.15. The van der Waals surface area contributed by atoms with E-state index in [1.807, 2.05) is 0 Å². The van der Waals surface area contributed by atoms with Crippen LogP contribution in [0.1, 0.15) is 325 Å². The summed E-state index contributed by atoms with van der Waals surface area (Å²) in [5.41, 5.74) is 29.0. The van der Waals surface area contributed by atoms with E-state index >= 15 is 0 Å². The molecule has 12 nitrogen and oxygen atoms in total. The van der Waals surface area contributed by atoms with Crippen LogP contribution in [0.3, 0.4) is 0 Å². The Morgan fingerprint density at radius 3 is 0.318 bits per heavy atom. The molecular formula is C117H132O12. The zero-order valence-electron chi connectivity index (χ0n) is 80.6. The Balaban J connectivity index is 1.05. The molecule has 0 saturated carbocycles. The summed E-state index contributed by atoms with van der Waals surface area (Å²) in [7, 11) is 10.3. The zero-order valence-corrected chi connectivity index (χ0v) is 80.6. The van der Waals surface area contributed by atoms with Gasteiger partial charge in [0.2, 0.25) is 0 Å². The van der Waals surface area contributed by atoms with E-state index in [1.165, 1.54) is 0 Å². The molecule has 9 aliphatic carbocycles. The van der Waals surface area contributed by atoms with E-state index in [1.54, 1.807) is 42.7 Å². The van der Waals surface area contributed by atoms with Crippen LogP contribution in [0, 0.1) is 0 Å². The summed E-state index contributed by atoms with van der Waals surface area (Å²) in [6.07, 6.45) is 4.65. The Morgan fingerprint density at radius 1 is 0.147 bits per heavy atom. The number of rotatable bonds is 6. The maximum absolute atomic E-state index is 13.5. The third kappa shape index (κ3) is 18.3. The van der Waals surface area contributed by atoms with Gasteiger partial charge in [-0.25, -0.2) is 0 Å². The number of aromatic hydroxyl groups is 6. The highest BCUT2D eigenvalue weighted by Crippen LogP contribution is 2.50. The second-order valence-corrected chi connectivity index (χ2v) is 43.7. The van der Waals surface area contributed by atoms with Crippen molar-refractivity contribution in [1.29, 1.82) is 0 Å². The average Bonchev–Trinajstić information content (AvgIpc) is 0.755. The molecule has 9 aliphatic rings. The SMILES string of the molecule is COc1c2cc(C(C)(C)C)cc1Cc1cc3cc(c1O)Cc1cc(C(C)(C)C)cc(c1OC)Cc1cc(cc(c1O)C2)Cc1cc2c(O)c(c1)Cc1cc(C(C)(C)C)cc(c1OC)Cc1cc(cc(c1O)Cc1cc(C(C)(C)C)cc(c1OC)C2)Cc1cc2c(O)c(c1)Cc1cc(C(C)(C)C)cc(c1OC)Cc1cc(cc(c1O)Cc1cc(C(C)(C)C)cc(c1OC)C2)C3. The van der Waals surface area contributed by atoms with E-state index in [9.17, 15) is 30.6 Å². The van der Waals surface area contributed by atoms with Crippen LogP contribution in [0.25, 0.3) is 0 Å². The molecule has 0 saturated heterocycles. The maximum Gasteiger partial charge on any atom is 0.125 e. The van der Waals surface area contributed by atoms with Crippen molar-refractivity contribution in [2.45, 2.75) is 253 Å². The van der Waals surface area contributed by atoms with Crippen molar-refractivity contribution < 1.29 is 59.1 Å². The van der Waals surface area contributed by atoms with E-state index in [0.717, 1.165) is 134 Å². The van der Waals surface area contributed by atoms with Crippen molar-refractivity contribution in [3.8, 4) is 69.0 Å². The van der Waals surface area contributed by atoms with Gasteiger partial charge < -0.3 is 59.1 Å². The van der Waals surface area contributed by atoms with Gasteiger partial charge in [-0.15, -0.1) is 0 Å². The van der Waals surface area contributed by atoms with Crippen LogP contribution in [0.2, 0.25) is 0 Å². The van der Waals surface area contributed by atoms with Gasteiger partial charge >= 0.3 is 0 Å². The van der Waals surface area contributed by atoms with Crippen LogP contribution >= 0.6 is 0 Å². The second-order valence-electron chi connectivity index (χ2n) is 43.7. The molecule has 0 aromatic heterocycles. The summed E-state index contributed by atoms with van der Waals surface area (Å²) < 4.78 is 40.5. The molecule has 12 heteroatoms. The van der Waals surface area contributed by atoms with Crippen LogP contribution in [0.4, 0.5) is 0 Å². The smallest absolute Gasteiger partial charge is 0.125 e. The van der Waals surface area contributed by atoms with E-state index in [2.05, 4.69) is 270 Å². The standard InChI is InChI=1S/C117H132O12/c1-112(2,3)94-52-82-40-70-28-64-25-66-32-74-44-86-56-96(114(7,8)9)60-90(108(86)126-21)48-78-36-68(37-79(104(78)122)49-91-61-97(115(10,11)12)57-87(109(91)127-22)45-75(33-66)102(74)120)27-69-38-80-50-92-62-98(116(13,14)15)58-88(110(92)128-23)46-76-34-67(35-77(103(76)121)47-89-59-99(117(16,17)18)63-93(111(89)129-24)51-81(39-69)105(80)123)26-65-29-71(41-83(53-94)106(82)124-19)101(119)73(31-65)43-85-55-95(113(4,5)6)54-84(107(85)125-20)42-72(30-64)100(70)118/h28-39,52-63,118-123H,25-27,40-51H2,1-24H3. The lowest BCUT2D eigenvalue weighted by Gasteiger charge is -2.26. The fourth-order valence-corrected chi connectivity index (χ4v) is 20.7. The molecule has 672 valence electrons. The van der Waals surface area contributed by atoms with Gasteiger partial charge in [0, 0.05) is 77.0 Å². The number of benzene rings is 12. The van der Waals surface area contributed by atoms with Crippen molar-refractivity contribution in [3.63, 3.8) is 0 Å².